The van der Waals surface area contributed by atoms with Crippen molar-refractivity contribution in [3.05, 3.63) is 54.0 Å². The van der Waals surface area contributed by atoms with Crippen LogP contribution >= 0.6 is 0 Å². The van der Waals surface area contributed by atoms with E-state index in [0.717, 1.165) is 31.9 Å². The van der Waals surface area contributed by atoms with E-state index < -0.39 is 5.82 Å². The molecule has 1 aromatic heterocycles. The largest absolute Gasteiger partial charge is 0.355 e. The average Bonchev–Trinajstić information content (AvgIpc) is 2.94. The lowest BCUT2D eigenvalue weighted by molar-refractivity contribution is -0.134. The molecule has 2 aromatic rings. The first-order chi connectivity index (χ1) is 13.4. The maximum absolute atomic E-state index is 13.3. The summed E-state index contributed by atoms with van der Waals surface area (Å²) in [5, 5.41) is 2.72. The lowest BCUT2D eigenvalue weighted by atomic mass is 10.2. The number of benzene rings is 1. The minimum absolute atomic E-state index is 0.00524. The van der Waals surface area contributed by atoms with Crippen molar-refractivity contribution in [2.24, 2.45) is 5.92 Å². The monoisotopic (exact) mass is 384 g/mol. The number of halogens is 1. The zero-order valence-electron chi connectivity index (χ0n) is 16.2. The van der Waals surface area contributed by atoms with Gasteiger partial charge in [-0.2, -0.15) is 0 Å². The number of amides is 2. The van der Waals surface area contributed by atoms with Crippen LogP contribution in [0.2, 0.25) is 0 Å². The second-order valence-corrected chi connectivity index (χ2v) is 7.19. The van der Waals surface area contributed by atoms with Gasteiger partial charge in [-0.15, -0.1) is 0 Å². The fourth-order valence-corrected chi connectivity index (χ4v) is 3.21. The SMILES string of the molecule is CC(C)C(=O)N1CCCN(c2ccc(NC(=O)c3cccc(F)c3)cn2)CC1. The van der Waals surface area contributed by atoms with Crippen LogP contribution in [-0.2, 0) is 4.79 Å². The quantitative estimate of drug-likeness (QED) is 0.879. The van der Waals surface area contributed by atoms with Crippen LogP contribution < -0.4 is 10.2 Å². The Hall–Kier alpha value is -2.96. The first-order valence-corrected chi connectivity index (χ1v) is 9.51. The van der Waals surface area contributed by atoms with Gasteiger partial charge in [-0.1, -0.05) is 19.9 Å². The van der Waals surface area contributed by atoms with Gasteiger partial charge in [0.1, 0.15) is 11.6 Å². The third-order valence-electron chi connectivity index (χ3n) is 4.72. The Morgan fingerprint density at radius 2 is 1.93 bits per heavy atom. The first kappa shape index (κ1) is 19.8. The van der Waals surface area contributed by atoms with E-state index in [1.807, 2.05) is 24.8 Å². The summed E-state index contributed by atoms with van der Waals surface area (Å²) in [6.07, 6.45) is 2.48. The van der Waals surface area contributed by atoms with Crippen molar-refractivity contribution in [2.75, 3.05) is 36.4 Å². The molecule has 2 amide bonds. The second kappa shape index (κ2) is 8.82. The maximum atomic E-state index is 13.3. The molecule has 1 fully saturated rings. The minimum Gasteiger partial charge on any atom is -0.355 e. The summed E-state index contributed by atoms with van der Waals surface area (Å²) in [5.41, 5.74) is 0.802. The number of aromatic nitrogens is 1. The van der Waals surface area contributed by atoms with Gasteiger partial charge < -0.3 is 15.1 Å². The molecule has 0 spiro atoms. The maximum Gasteiger partial charge on any atom is 0.255 e. The average molecular weight is 384 g/mol. The van der Waals surface area contributed by atoms with Crippen molar-refractivity contribution in [3.8, 4) is 0 Å². The molecule has 1 N–H and O–H groups in total. The predicted octanol–water partition coefficient (Wildman–Crippen LogP) is 3.17. The lowest BCUT2D eigenvalue weighted by Crippen LogP contribution is -2.37. The highest BCUT2D eigenvalue weighted by molar-refractivity contribution is 6.04. The zero-order chi connectivity index (χ0) is 20.1. The van der Waals surface area contributed by atoms with E-state index in [1.54, 1.807) is 18.3 Å². The van der Waals surface area contributed by atoms with Gasteiger partial charge in [0.25, 0.3) is 5.91 Å². The summed E-state index contributed by atoms with van der Waals surface area (Å²) in [7, 11) is 0. The summed E-state index contributed by atoms with van der Waals surface area (Å²) in [6.45, 7) is 6.82. The molecule has 0 saturated carbocycles. The standard InChI is InChI=1S/C21H25FN4O2/c1-15(2)21(28)26-10-4-9-25(11-12-26)19-8-7-18(14-23-19)24-20(27)16-5-3-6-17(22)13-16/h3,5-8,13-15H,4,9-12H2,1-2H3,(H,24,27). The van der Waals surface area contributed by atoms with Crippen LogP contribution in [0.4, 0.5) is 15.9 Å². The van der Waals surface area contributed by atoms with Gasteiger partial charge in [0.15, 0.2) is 0 Å². The van der Waals surface area contributed by atoms with Crippen molar-refractivity contribution in [1.82, 2.24) is 9.88 Å². The molecule has 28 heavy (non-hydrogen) atoms. The van der Waals surface area contributed by atoms with Gasteiger partial charge in [0, 0.05) is 37.7 Å². The topological polar surface area (TPSA) is 65.5 Å². The van der Waals surface area contributed by atoms with Crippen LogP contribution in [0.1, 0.15) is 30.6 Å². The number of nitrogens with zero attached hydrogens (tertiary/aromatic N) is 3. The molecule has 6 nitrogen and oxygen atoms in total. The Balaban J connectivity index is 1.61. The Bertz CT molecular complexity index is 839. The molecule has 1 aliphatic heterocycles. The van der Waals surface area contributed by atoms with Crippen LogP contribution in [-0.4, -0.2) is 47.9 Å². The van der Waals surface area contributed by atoms with Gasteiger partial charge in [0.2, 0.25) is 5.91 Å². The Morgan fingerprint density at radius 3 is 2.61 bits per heavy atom. The molecule has 1 aliphatic rings. The van der Waals surface area contributed by atoms with Crippen LogP contribution in [0.5, 0.6) is 0 Å². The summed E-state index contributed by atoms with van der Waals surface area (Å²) in [4.78, 5) is 32.9. The molecule has 0 unspecified atom stereocenters. The van der Waals surface area contributed by atoms with E-state index in [-0.39, 0.29) is 23.3 Å². The molecule has 148 valence electrons. The molecular weight excluding hydrogens is 359 g/mol. The first-order valence-electron chi connectivity index (χ1n) is 9.51. The van der Waals surface area contributed by atoms with E-state index in [0.29, 0.717) is 12.2 Å². The van der Waals surface area contributed by atoms with Crippen molar-refractivity contribution >= 4 is 23.3 Å². The number of carbonyl (C=O) groups is 2. The van der Waals surface area contributed by atoms with Crippen molar-refractivity contribution in [1.29, 1.82) is 0 Å². The van der Waals surface area contributed by atoms with Gasteiger partial charge in [-0.05, 0) is 36.8 Å². The fraction of sp³-hybridized carbons (Fsp3) is 0.381. The molecule has 0 aliphatic carbocycles. The summed E-state index contributed by atoms with van der Waals surface area (Å²) in [6, 6.07) is 9.17. The number of hydrogen-bond acceptors (Lipinski definition) is 4. The van der Waals surface area contributed by atoms with Crippen LogP contribution in [0.3, 0.4) is 0 Å². The number of rotatable bonds is 4. The Labute approximate surface area is 164 Å². The number of nitrogens with one attached hydrogen (secondary N) is 1. The van der Waals surface area contributed by atoms with E-state index in [4.69, 9.17) is 0 Å². The molecule has 0 atom stereocenters. The third kappa shape index (κ3) is 4.85. The van der Waals surface area contributed by atoms with E-state index >= 15 is 0 Å². The number of hydrogen-bond donors (Lipinski definition) is 1. The van der Waals surface area contributed by atoms with Gasteiger partial charge in [-0.3, -0.25) is 9.59 Å². The van der Waals surface area contributed by atoms with Crippen molar-refractivity contribution < 1.29 is 14.0 Å². The van der Waals surface area contributed by atoms with Crippen molar-refractivity contribution in [3.63, 3.8) is 0 Å². The fourth-order valence-electron chi connectivity index (χ4n) is 3.21. The normalized spacial score (nSPS) is 14.7. The summed E-state index contributed by atoms with van der Waals surface area (Å²) >= 11 is 0. The molecule has 7 heteroatoms. The van der Waals surface area contributed by atoms with Gasteiger partial charge in [-0.25, -0.2) is 9.37 Å². The number of anilines is 2. The molecular formula is C21H25FN4O2. The second-order valence-electron chi connectivity index (χ2n) is 7.19. The van der Waals surface area contributed by atoms with Crippen molar-refractivity contribution in [2.45, 2.75) is 20.3 Å². The Kier molecular flexibility index (Phi) is 6.23. The van der Waals surface area contributed by atoms with E-state index in [2.05, 4.69) is 15.2 Å². The number of pyridine rings is 1. The summed E-state index contributed by atoms with van der Waals surface area (Å²) in [5.74, 6) is 0.164. The number of carbonyl (C=O) groups excluding carboxylic acids is 2. The lowest BCUT2D eigenvalue weighted by Gasteiger charge is -2.24. The summed E-state index contributed by atoms with van der Waals surface area (Å²) < 4.78 is 13.3. The molecule has 3 rings (SSSR count). The Morgan fingerprint density at radius 1 is 1.11 bits per heavy atom. The highest BCUT2D eigenvalue weighted by atomic mass is 19.1. The van der Waals surface area contributed by atoms with E-state index in [9.17, 15) is 14.0 Å². The van der Waals surface area contributed by atoms with Crippen LogP contribution in [0.15, 0.2) is 42.6 Å². The molecule has 2 heterocycles. The molecule has 1 aromatic carbocycles. The van der Waals surface area contributed by atoms with Gasteiger partial charge in [0.05, 0.1) is 11.9 Å². The highest BCUT2D eigenvalue weighted by Gasteiger charge is 2.21. The smallest absolute Gasteiger partial charge is 0.255 e. The zero-order valence-corrected chi connectivity index (χ0v) is 16.2. The molecule has 0 radical (unpaired) electrons. The molecule has 1 saturated heterocycles. The van der Waals surface area contributed by atoms with Crippen LogP contribution in [0, 0.1) is 11.7 Å². The highest BCUT2D eigenvalue weighted by Crippen LogP contribution is 2.18. The van der Waals surface area contributed by atoms with Crippen LogP contribution in [0.25, 0.3) is 0 Å². The predicted molar refractivity (Wildman–Crippen MR) is 107 cm³/mol. The molecule has 0 bridgehead atoms. The third-order valence-corrected chi connectivity index (χ3v) is 4.72. The minimum atomic E-state index is -0.452. The van der Waals surface area contributed by atoms with Gasteiger partial charge >= 0.3 is 0 Å². The van der Waals surface area contributed by atoms with E-state index in [1.165, 1.54) is 18.2 Å².